The molecule has 0 atom stereocenters. The molecule has 1 fully saturated rings. The molecule has 0 radical (unpaired) electrons. The van der Waals surface area contributed by atoms with Crippen LogP contribution in [0, 0.1) is 12.8 Å². The molecule has 0 saturated carbocycles. The summed E-state index contributed by atoms with van der Waals surface area (Å²) < 4.78 is 1.77. The predicted molar refractivity (Wildman–Crippen MR) is 168 cm³/mol. The molecule has 0 bridgehead atoms. The molecule has 1 aliphatic heterocycles. The molecule has 0 spiro atoms. The first kappa shape index (κ1) is 29.3. The van der Waals surface area contributed by atoms with Crippen LogP contribution in [0.2, 0.25) is 5.15 Å². The number of halogens is 1. The molecule has 4 aromatic rings. The Kier molecular flexibility index (Phi) is 8.64. The molecule has 3 amide bonds. The third-order valence-electron chi connectivity index (χ3n) is 7.61. The lowest BCUT2D eigenvalue weighted by molar-refractivity contribution is 0.0690. The van der Waals surface area contributed by atoms with Crippen molar-refractivity contribution in [2.45, 2.75) is 52.4 Å². The number of nitrogens with zero attached hydrogens (tertiary/aromatic N) is 4. The normalized spacial score (nSPS) is 14.1. The van der Waals surface area contributed by atoms with Gasteiger partial charge in [0.1, 0.15) is 11.0 Å². The van der Waals surface area contributed by atoms with Gasteiger partial charge in [0.15, 0.2) is 0 Å². The summed E-state index contributed by atoms with van der Waals surface area (Å²) in [5, 5.41) is 11.1. The Balaban J connectivity index is 1.16. The number of carbonyl (C=O) groups excluding carboxylic acids is 2. The van der Waals surface area contributed by atoms with Crippen LogP contribution in [-0.2, 0) is 11.8 Å². The molecular weight excluding hydrogens is 548 g/mol. The van der Waals surface area contributed by atoms with E-state index in [1.807, 2.05) is 54.3 Å². The Bertz CT molecular complexity index is 1530. The van der Waals surface area contributed by atoms with Gasteiger partial charge in [-0.1, -0.05) is 62.2 Å². The highest BCUT2D eigenvalue weighted by molar-refractivity contribution is 6.29. The first-order valence-electron chi connectivity index (χ1n) is 14.3. The zero-order valence-electron chi connectivity index (χ0n) is 24.5. The second-order valence-corrected chi connectivity index (χ2v) is 12.4. The quantitative estimate of drug-likeness (QED) is 0.233. The molecule has 9 heteroatoms. The first-order chi connectivity index (χ1) is 20.0. The van der Waals surface area contributed by atoms with Crippen LogP contribution in [0.5, 0.6) is 0 Å². The lowest BCUT2D eigenvalue weighted by Crippen LogP contribution is -2.38. The number of carbonyl (C=O) groups is 2. The predicted octanol–water partition coefficient (Wildman–Crippen LogP) is 7.27. The number of hydrogen-bond acceptors (Lipinski definition) is 4. The van der Waals surface area contributed by atoms with E-state index in [0.29, 0.717) is 28.1 Å². The summed E-state index contributed by atoms with van der Waals surface area (Å²) in [5.41, 5.74) is 5.25. The molecule has 2 aromatic heterocycles. The van der Waals surface area contributed by atoms with E-state index in [1.54, 1.807) is 16.8 Å². The zero-order valence-corrected chi connectivity index (χ0v) is 25.3. The number of rotatable bonds is 6. The van der Waals surface area contributed by atoms with Crippen LogP contribution in [0.15, 0.2) is 72.9 Å². The molecule has 5 rings (SSSR count). The standard InChI is InChI=1S/C33H37ClN6O2/c1-22-5-12-27(13-6-22)40-30(20-28(38-40)33(2,3)4)37-32(42)36-26-10-7-23(8-11-26)19-24-15-17-39(18-16-24)31(41)25-9-14-29(34)35-21-25/h5-14,20-21,24H,15-19H2,1-4H3,(H2,36,37,42). The van der Waals surface area contributed by atoms with Crippen molar-refractivity contribution in [2.24, 2.45) is 5.92 Å². The number of anilines is 2. The molecule has 0 unspecified atom stereocenters. The van der Waals surface area contributed by atoms with Crippen molar-refractivity contribution in [3.8, 4) is 5.69 Å². The van der Waals surface area contributed by atoms with Crippen LogP contribution in [0.25, 0.3) is 5.69 Å². The lowest BCUT2D eigenvalue weighted by atomic mass is 9.90. The van der Waals surface area contributed by atoms with Gasteiger partial charge in [0.05, 0.1) is 16.9 Å². The van der Waals surface area contributed by atoms with E-state index in [9.17, 15) is 9.59 Å². The second kappa shape index (κ2) is 12.4. The van der Waals surface area contributed by atoms with Crippen LogP contribution in [0.1, 0.15) is 60.8 Å². The fourth-order valence-corrected chi connectivity index (χ4v) is 5.19. The van der Waals surface area contributed by atoms with Crippen molar-refractivity contribution < 1.29 is 9.59 Å². The average molecular weight is 585 g/mol. The summed E-state index contributed by atoms with van der Waals surface area (Å²) in [6, 6.07) is 21.0. The monoisotopic (exact) mass is 584 g/mol. The van der Waals surface area contributed by atoms with Crippen LogP contribution in [0.4, 0.5) is 16.3 Å². The van der Waals surface area contributed by atoms with E-state index < -0.39 is 0 Å². The van der Waals surface area contributed by atoms with E-state index in [-0.39, 0.29) is 17.4 Å². The highest BCUT2D eigenvalue weighted by Gasteiger charge is 2.24. The molecule has 2 N–H and O–H groups in total. The smallest absolute Gasteiger partial charge is 0.324 e. The van der Waals surface area contributed by atoms with Crippen molar-refractivity contribution in [3.05, 3.63) is 100 Å². The minimum atomic E-state index is -0.329. The molecular formula is C33H37ClN6O2. The summed E-state index contributed by atoms with van der Waals surface area (Å²) in [5.74, 6) is 1.11. The van der Waals surface area contributed by atoms with E-state index >= 15 is 0 Å². The maximum atomic E-state index is 13.0. The number of aromatic nitrogens is 3. The Hall–Kier alpha value is -4.17. The third-order valence-corrected chi connectivity index (χ3v) is 7.83. The van der Waals surface area contributed by atoms with Crippen molar-refractivity contribution in [2.75, 3.05) is 23.7 Å². The molecule has 8 nitrogen and oxygen atoms in total. The highest BCUT2D eigenvalue weighted by Crippen LogP contribution is 2.27. The van der Waals surface area contributed by atoms with Crippen LogP contribution in [-0.4, -0.2) is 44.7 Å². The number of pyridine rings is 1. The van der Waals surface area contributed by atoms with Gasteiger partial charge in [0.25, 0.3) is 5.91 Å². The molecule has 218 valence electrons. The second-order valence-electron chi connectivity index (χ2n) is 12.0. The number of aryl methyl sites for hydroxylation is 1. The van der Waals surface area contributed by atoms with Gasteiger partial charge >= 0.3 is 6.03 Å². The number of likely N-dealkylation sites (tertiary alicyclic amines) is 1. The van der Waals surface area contributed by atoms with E-state index in [2.05, 4.69) is 48.5 Å². The van der Waals surface area contributed by atoms with Crippen molar-refractivity contribution in [1.29, 1.82) is 0 Å². The Labute approximate surface area is 252 Å². The molecule has 2 aromatic carbocycles. The SMILES string of the molecule is Cc1ccc(-n2nc(C(C)(C)C)cc2NC(=O)Nc2ccc(CC3CCN(C(=O)c4ccc(Cl)nc4)CC3)cc2)cc1. The average Bonchev–Trinajstić information content (AvgIpc) is 3.39. The summed E-state index contributed by atoms with van der Waals surface area (Å²) in [6.45, 7) is 9.79. The fourth-order valence-electron chi connectivity index (χ4n) is 5.08. The summed E-state index contributed by atoms with van der Waals surface area (Å²) in [7, 11) is 0. The van der Waals surface area contributed by atoms with Crippen molar-refractivity contribution in [1.82, 2.24) is 19.7 Å². The van der Waals surface area contributed by atoms with Crippen LogP contribution in [0.3, 0.4) is 0 Å². The van der Waals surface area contributed by atoms with E-state index in [0.717, 1.165) is 49.3 Å². The van der Waals surface area contributed by atoms with Crippen LogP contribution < -0.4 is 10.6 Å². The van der Waals surface area contributed by atoms with Crippen LogP contribution >= 0.6 is 11.6 Å². The summed E-state index contributed by atoms with van der Waals surface area (Å²) in [4.78, 5) is 31.7. The van der Waals surface area contributed by atoms with E-state index in [4.69, 9.17) is 16.7 Å². The zero-order chi connectivity index (χ0) is 29.9. The number of amides is 3. The van der Waals surface area contributed by atoms with Gasteiger partial charge in [-0.3, -0.25) is 10.1 Å². The topological polar surface area (TPSA) is 92.2 Å². The fraction of sp³-hybridized carbons (Fsp3) is 0.333. The van der Waals surface area contributed by atoms with E-state index in [1.165, 1.54) is 11.8 Å². The van der Waals surface area contributed by atoms with Gasteiger partial charge in [-0.05, 0) is 74.1 Å². The van der Waals surface area contributed by atoms with Gasteiger partial charge in [-0.25, -0.2) is 14.5 Å². The molecule has 0 aliphatic carbocycles. The molecule has 1 saturated heterocycles. The minimum absolute atomic E-state index is 0.00265. The number of nitrogens with one attached hydrogen (secondary N) is 2. The summed E-state index contributed by atoms with van der Waals surface area (Å²) in [6.07, 6.45) is 4.36. The van der Waals surface area contributed by atoms with Gasteiger partial charge in [0.2, 0.25) is 0 Å². The largest absolute Gasteiger partial charge is 0.339 e. The van der Waals surface area contributed by atoms with Gasteiger partial charge in [-0.2, -0.15) is 5.10 Å². The maximum Gasteiger partial charge on any atom is 0.324 e. The number of hydrogen-bond donors (Lipinski definition) is 2. The Morgan fingerprint density at radius 1 is 0.952 bits per heavy atom. The number of piperidine rings is 1. The molecule has 3 heterocycles. The maximum absolute atomic E-state index is 13.0. The van der Waals surface area contributed by atoms with Crippen molar-refractivity contribution >= 4 is 35.0 Å². The van der Waals surface area contributed by atoms with Crippen molar-refractivity contribution in [3.63, 3.8) is 0 Å². The first-order valence-corrected chi connectivity index (χ1v) is 14.7. The van der Waals surface area contributed by atoms with Gasteiger partial charge < -0.3 is 10.2 Å². The molecule has 1 aliphatic rings. The Morgan fingerprint density at radius 3 is 2.26 bits per heavy atom. The summed E-state index contributed by atoms with van der Waals surface area (Å²) >= 11 is 5.85. The lowest BCUT2D eigenvalue weighted by Gasteiger charge is -2.32. The third kappa shape index (κ3) is 7.18. The number of benzene rings is 2. The molecule has 42 heavy (non-hydrogen) atoms. The Morgan fingerprint density at radius 2 is 1.64 bits per heavy atom. The van der Waals surface area contributed by atoms with Gasteiger partial charge in [0, 0.05) is 36.5 Å². The van der Waals surface area contributed by atoms with Gasteiger partial charge in [-0.15, -0.1) is 0 Å². The highest BCUT2D eigenvalue weighted by atomic mass is 35.5. The number of urea groups is 1. The minimum Gasteiger partial charge on any atom is -0.339 e.